The maximum absolute atomic E-state index is 11.4. The van der Waals surface area contributed by atoms with Gasteiger partial charge in [0.2, 0.25) is 5.91 Å². The van der Waals surface area contributed by atoms with Crippen LogP contribution in [0.25, 0.3) is 0 Å². The van der Waals surface area contributed by atoms with Crippen LogP contribution in [0.2, 0.25) is 0 Å². The largest absolute Gasteiger partial charge is 0.368 e. The lowest BCUT2D eigenvalue weighted by Gasteiger charge is -2.26. The zero-order valence-corrected chi connectivity index (χ0v) is 11.4. The first kappa shape index (κ1) is 12.6. The average Bonchev–Trinajstić information content (AvgIpc) is 2.89. The van der Waals surface area contributed by atoms with Gasteiger partial charge in [-0.3, -0.25) is 4.79 Å². The highest BCUT2D eigenvalue weighted by molar-refractivity contribution is 9.10. The van der Waals surface area contributed by atoms with Gasteiger partial charge in [-0.1, -0.05) is 6.07 Å². The van der Waals surface area contributed by atoms with E-state index in [1.807, 2.05) is 18.2 Å². The molecule has 2 heterocycles. The Labute approximate surface area is 114 Å². The number of fused-ring (bicyclic) bond motifs is 1. The van der Waals surface area contributed by atoms with Gasteiger partial charge in [-0.25, -0.2) is 4.98 Å². The van der Waals surface area contributed by atoms with Crippen LogP contribution >= 0.6 is 28.3 Å². The van der Waals surface area contributed by atoms with Crippen LogP contribution in [-0.4, -0.2) is 23.0 Å². The molecule has 1 aliphatic carbocycles. The van der Waals surface area contributed by atoms with E-state index in [1.165, 1.54) is 0 Å². The van der Waals surface area contributed by atoms with E-state index in [0.717, 1.165) is 23.3 Å². The molecule has 0 unspecified atom stereocenters. The molecular weight excluding hydrogens is 305 g/mol. The molecule has 0 radical (unpaired) electrons. The first-order valence-electron chi connectivity index (χ1n) is 5.37. The SMILES string of the molecule is Cl.NC(=O)[C@@H]1C[C@H]2C[C@H]2N1c1cccc(Br)n1. The summed E-state index contributed by atoms with van der Waals surface area (Å²) in [5.41, 5.74) is 5.43. The third-order valence-corrected chi connectivity index (χ3v) is 3.84. The normalized spacial score (nSPS) is 29.5. The summed E-state index contributed by atoms with van der Waals surface area (Å²) >= 11 is 3.35. The lowest BCUT2D eigenvalue weighted by atomic mass is 10.1. The monoisotopic (exact) mass is 317 g/mol. The van der Waals surface area contributed by atoms with Crippen LogP contribution in [0, 0.1) is 5.92 Å². The minimum Gasteiger partial charge on any atom is -0.368 e. The number of amides is 1. The number of anilines is 1. The van der Waals surface area contributed by atoms with Gasteiger partial charge in [0.05, 0.1) is 0 Å². The number of hydrogen-bond donors (Lipinski definition) is 1. The number of carbonyl (C=O) groups is 1. The Hall–Kier alpha value is -0.810. The van der Waals surface area contributed by atoms with Crippen molar-refractivity contribution in [3.8, 4) is 0 Å². The molecule has 0 aromatic carbocycles. The molecule has 3 atom stereocenters. The van der Waals surface area contributed by atoms with Crippen molar-refractivity contribution >= 4 is 40.1 Å². The summed E-state index contributed by atoms with van der Waals surface area (Å²) < 4.78 is 0.789. The summed E-state index contributed by atoms with van der Waals surface area (Å²) in [6.07, 6.45) is 2.05. The molecule has 3 rings (SSSR count). The lowest BCUT2D eigenvalue weighted by molar-refractivity contribution is -0.119. The summed E-state index contributed by atoms with van der Waals surface area (Å²) in [5, 5.41) is 0. The number of carbonyl (C=O) groups excluding carboxylic acids is 1. The van der Waals surface area contributed by atoms with Crippen LogP contribution in [0.1, 0.15) is 12.8 Å². The van der Waals surface area contributed by atoms with Gasteiger partial charge in [-0.2, -0.15) is 0 Å². The van der Waals surface area contributed by atoms with E-state index in [9.17, 15) is 4.79 Å². The molecular formula is C11H13BrClN3O. The molecule has 1 amide bonds. The Morgan fingerprint density at radius 3 is 2.88 bits per heavy atom. The number of pyridine rings is 1. The first-order chi connectivity index (χ1) is 7.66. The van der Waals surface area contributed by atoms with Crippen molar-refractivity contribution in [2.45, 2.75) is 24.9 Å². The standard InChI is InChI=1S/C11H12BrN3O.ClH/c12-9-2-1-3-10(14-9)15-7-4-6(7)5-8(15)11(13)16;/h1-3,6-8H,4-5H2,(H2,13,16);1H/t6-,7-,8+;/m1./s1. The number of halogens is 2. The molecule has 17 heavy (non-hydrogen) atoms. The van der Waals surface area contributed by atoms with E-state index >= 15 is 0 Å². The Morgan fingerprint density at radius 1 is 1.47 bits per heavy atom. The summed E-state index contributed by atoms with van der Waals surface area (Å²) in [7, 11) is 0. The molecule has 1 aromatic rings. The van der Waals surface area contributed by atoms with Gasteiger partial charge in [-0.05, 0) is 46.8 Å². The quantitative estimate of drug-likeness (QED) is 0.845. The third-order valence-electron chi connectivity index (χ3n) is 3.40. The van der Waals surface area contributed by atoms with Crippen LogP contribution in [0.4, 0.5) is 5.82 Å². The molecule has 92 valence electrons. The fraction of sp³-hybridized carbons (Fsp3) is 0.455. The first-order valence-corrected chi connectivity index (χ1v) is 6.16. The van der Waals surface area contributed by atoms with Gasteiger partial charge in [0.1, 0.15) is 16.5 Å². The number of hydrogen-bond acceptors (Lipinski definition) is 3. The second kappa shape index (κ2) is 4.46. The van der Waals surface area contributed by atoms with Gasteiger partial charge in [-0.15, -0.1) is 12.4 Å². The maximum Gasteiger partial charge on any atom is 0.240 e. The molecule has 4 nitrogen and oxygen atoms in total. The zero-order valence-electron chi connectivity index (χ0n) is 9.04. The molecule has 1 aliphatic heterocycles. The van der Waals surface area contributed by atoms with Crippen molar-refractivity contribution < 1.29 is 4.79 Å². The minimum atomic E-state index is -0.242. The van der Waals surface area contributed by atoms with E-state index in [-0.39, 0.29) is 24.4 Å². The van der Waals surface area contributed by atoms with Gasteiger partial charge in [0.15, 0.2) is 0 Å². The summed E-state index contributed by atoms with van der Waals surface area (Å²) in [6.45, 7) is 0. The summed E-state index contributed by atoms with van der Waals surface area (Å²) in [4.78, 5) is 17.9. The summed E-state index contributed by atoms with van der Waals surface area (Å²) in [5.74, 6) is 1.25. The van der Waals surface area contributed by atoms with E-state index in [2.05, 4.69) is 25.8 Å². The minimum absolute atomic E-state index is 0. The highest BCUT2D eigenvalue weighted by Crippen LogP contribution is 2.49. The Kier molecular flexibility index (Phi) is 3.32. The smallest absolute Gasteiger partial charge is 0.240 e. The highest BCUT2D eigenvalue weighted by atomic mass is 79.9. The molecule has 0 spiro atoms. The topological polar surface area (TPSA) is 59.2 Å². The van der Waals surface area contributed by atoms with Crippen molar-refractivity contribution in [1.29, 1.82) is 0 Å². The molecule has 1 saturated heterocycles. The van der Waals surface area contributed by atoms with Gasteiger partial charge in [0.25, 0.3) is 0 Å². The molecule has 6 heteroatoms. The number of nitrogens with zero attached hydrogens (tertiary/aromatic N) is 2. The van der Waals surface area contributed by atoms with Crippen LogP contribution in [-0.2, 0) is 4.79 Å². The number of rotatable bonds is 2. The second-order valence-corrected chi connectivity index (χ2v) is 5.26. The zero-order chi connectivity index (χ0) is 11.3. The molecule has 0 bridgehead atoms. The lowest BCUT2D eigenvalue weighted by Crippen LogP contribution is -2.43. The molecule has 2 aliphatic rings. The van der Waals surface area contributed by atoms with Crippen molar-refractivity contribution in [1.82, 2.24) is 4.98 Å². The predicted molar refractivity (Wildman–Crippen MR) is 71.2 cm³/mol. The van der Waals surface area contributed by atoms with Crippen LogP contribution in [0.5, 0.6) is 0 Å². The van der Waals surface area contributed by atoms with Crippen molar-refractivity contribution in [2.75, 3.05) is 4.90 Å². The van der Waals surface area contributed by atoms with E-state index in [0.29, 0.717) is 12.0 Å². The molecule has 1 aromatic heterocycles. The summed E-state index contributed by atoms with van der Waals surface area (Å²) in [6, 6.07) is 6.04. The Balaban J connectivity index is 0.00000108. The average molecular weight is 319 g/mol. The van der Waals surface area contributed by atoms with Crippen LogP contribution in [0.3, 0.4) is 0 Å². The van der Waals surface area contributed by atoms with E-state index < -0.39 is 0 Å². The molecule has 2 N–H and O–H groups in total. The Bertz CT molecular complexity index is 456. The highest BCUT2D eigenvalue weighted by Gasteiger charge is 2.54. The van der Waals surface area contributed by atoms with E-state index in [4.69, 9.17) is 5.73 Å². The number of aromatic nitrogens is 1. The van der Waals surface area contributed by atoms with Gasteiger partial charge in [0, 0.05) is 6.04 Å². The molecule has 1 saturated carbocycles. The number of nitrogens with two attached hydrogens (primary N) is 1. The van der Waals surface area contributed by atoms with Crippen LogP contribution < -0.4 is 10.6 Å². The maximum atomic E-state index is 11.4. The van der Waals surface area contributed by atoms with Crippen molar-refractivity contribution in [3.63, 3.8) is 0 Å². The fourth-order valence-electron chi connectivity index (χ4n) is 2.58. The van der Waals surface area contributed by atoms with Crippen LogP contribution in [0.15, 0.2) is 22.8 Å². The van der Waals surface area contributed by atoms with Gasteiger partial charge >= 0.3 is 0 Å². The van der Waals surface area contributed by atoms with Crippen molar-refractivity contribution in [3.05, 3.63) is 22.8 Å². The van der Waals surface area contributed by atoms with E-state index in [1.54, 1.807) is 0 Å². The van der Waals surface area contributed by atoms with Crippen molar-refractivity contribution in [2.24, 2.45) is 11.7 Å². The molecule has 2 fully saturated rings. The Morgan fingerprint density at radius 2 is 2.24 bits per heavy atom. The number of primary amides is 1. The predicted octanol–water partition coefficient (Wildman–Crippen LogP) is 1.72. The van der Waals surface area contributed by atoms with Gasteiger partial charge < -0.3 is 10.6 Å². The second-order valence-electron chi connectivity index (χ2n) is 4.44. The number of piperidine rings is 1. The fourth-order valence-corrected chi connectivity index (χ4v) is 2.92. The third kappa shape index (κ3) is 2.13.